The van der Waals surface area contributed by atoms with E-state index in [1.807, 2.05) is 12.5 Å². The summed E-state index contributed by atoms with van der Waals surface area (Å²) in [6.07, 6.45) is 6.62. The van der Waals surface area contributed by atoms with Crippen molar-refractivity contribution in [1.82, 2.24) is 14.9 Å². The van der Waals surface area contributed by atoms with Gasteiger partial charge in [0.05, 0.1) is 18.1 Å². The Morgan fingerprint density at radius 2 is 2.31 bits per heavy atom. The Morgan fingerprint density at radius 3 is 3.00 bits per heavy atom. The number of hydrogen-bond donors (Lipinski definition) is 1. The molecule has 16 heavy (non-hydrogen) atoms. The van der Waals surface area contributed by atoms with Crippen molar-refractivity contribution in [1.29, 1.82) is 0 Å². The lowest BCUT2D eigenvalue weighted by Crippen LogP contribution is -2.34. The summed E-state index contributed by atoms with van der Waals surface area (Å²) >= 11 is 0. The number of ether oxygens (including phenoxy) is 1. The molecule has 0 amide bonds. The lowest BCUT2D eigenvalue weighted by atomic mass is 9.89. The van der Waals surface area contributed by atoms with Gasteiger partial charge in [0.2, 0.25) is 0 Å². The van der Waals surface area contributed by atoms with E-state index in [-0.39, 0.29) is 0 Å². The van der Waals surface area contributed by atoms with Crippen LogP contribution >= 0.6 is 0 Å². The summed E-state index contributed by atoms with van der Waals surface area (Å²) in [5, 5.41) is 3.34. The minimum absolute atomic E-state index is 0.462. The van der Waals surface area contributed by atoms with Crippen molar-refractivity contribution >= 4 is 0 Å². The van der Waals surface area contributed by atoms with Gasteiger partial charge >= 0.3 is 0 Å². The van der Waals surface area contributed by atoms with E-state index in [2.05, 4.69) is 28.7 Å². The van der Waals surface area contributed by atoms with Crippen molar-refractivity contribution in [2.45, 2.75) is 45.4 Å². The molecule has 1 heterocycles. The summed E-state index contributed by atoms with van der Waals surface area (Å²) < 4.78 is 7.87. The molecule has 1 saturated carbocycles. The van der Waals surface area contributed by atoms with Gasteiger partial charge in [-0.15, -0.1) is 0 Å². The zero-order chi connectivity index (χ0) is 11.4. The molecule has 90 valence electrons. The molecule has 1 aromatic rings. The van der Waals surface area contributed by atoms with Gasteiger partial charge < -0.3 is 14.6 Å². The second-order valence-electron chi connectivity index (χ2n) is 4.28. The maximum Gasteiger partial charge on any atom is 0.0951 e. The third kappa shape index (κ3) is 2.44. The van der Waals surface area contributed by atoms with Crippen LogP contribution < -0.4 is 5.32 Å². The van der Waals surface area contributed by atoms with Crippen molar-refractivity contribution in [2.24, 2.45) is 0 Å². The maximum absolute atomic E-state index is 5.58. The van der Waals surface area contributed by atoms with Crippen LogP contribution in [0.4, 0.5) is 0 Å². The fourth-order valence-electron chi connectivity index (χ4n) is 2.19. The van der Waals surface area contributed by atoms with Gasteiger partial charge in [0.15, 0.2) is 0 Å². The first-order valence-electron chi connectivity index (χ1n) is 6.18. The minimum atomic E-state index is 0.462. The number of nitrogens with zero attached hydrogens (tertiary/aromatic N) is 2. The first-order valence-corrected chi connectivity index (χ1v) is 6.18. The predicted molar refractivity (Wildman–Crippen MR) is 63.3 cm³/mol. The molecular weight excluding hydrogens is 202 g/mol. The van der Waals surface area contributed by atoms with E-state index in [9.17, 15) is 0 Å². The van der Waals surface area contributed by atoms with Gasteiger partial charge in [0.1, 0.15) is 0 Å². The molecular formula is C12H21N3O. The summed E-state index contributed by atoms with van der Waals surface area (Å²) in [5.41, 5.74) is 1.28. The molecule has 2 rings (SSSR count). The molecule has 1 aliphatic rings. The largest absolute Gasteiger partial charge is 0.378 e. The van der Waals surface area contributed by atoms with Crippen molar-refractivity contribution in [3.05, 3.63) is 18.2 Å². The lowest BCUT2D eigenvalue weighted by molar-refractivity contribution is -0.0203. The average Bonchev–Trinajstić information content (AvgIpc) is 2.67. The second kappa shape index (κ2) is 5.46. The van der Waals surface area contributed by atoms with Crippen LogP contribution in [0.2, 0.25) is 0 Å². The smallest absolute Gasteiger partial charge is 0.0951 e. The quantitative estimate of drug-likeness (QED) is 0.798. The Labute approximate surface area is 97.0 Å². The summed E-state index contributed by atoms with van der Waals surface area (Å²) in [5.74, 6) is 0. The van der Waals surface area contributed by atoms with Gasteiger partial charge in [0, 0.05) is 25.4 Å². The first kappa shape index (κ1) is 11.6. The molecule has 1 N–H and O–H groups in total. The monoisotopic (exact) mass is 223 g/mol. The standard InChI is InChI=1S/C12H21N3O/c1-3-13-7-11-8-14-9-15(11)10-5-12(6-10)16-4-2/h8-10,12-13H,3-7H2,1-2H3. The molecule has 1 fully saturated rings. The maximum atomic E-state index is 5.58. The van der Waals surface area contributed by atoms with Gasteiger partial charge in [-0.1, -0.05) is 6.92 Å². The molecule has 4 heteroatoms. The van der Waals surface area contributed by atoms with Crippen LogP contribution in [0.3, 0.4) is 0 Å². The molecule has 0 unspecified atom stereocenters. The van der Waals surface area contributed by atoms with Crippen molar-refractivity contribution in [3.63, 3.8) is 0 Å². The summed E-state index contributed by atoms with van der Waals surface area (Å²) in [6, 6.07) is 0.590. The van der Waals surface area contributed by atoms with Gasteiger partial charge in [-0.2, -0.15) is 0 Å². The molecule has 0 saturated heterocycles. The number of imidazole rings is 1. The van der Waals surface area contributed by atoms with E-state index >= 15 is 0 Å². The molecule has 0 aromatic carbocycles. The summed E-state index contributed by atoms with van der Waals surface area (Å²) in [4.78, 5) is 4.23. The van der Waals surface area contributed by atoms with Crippen LogP contribution in [0.1, 0.15) is 38.4 Å². The Bertz CT molecular complexity index is 318. The Morgan fingerprint density at radius 1 is 1.50 bits per heavy atom. The van der Waals surface area contributed by atoms with Crippen molar-refractivity contribution in [3.8, 4) is 0 Å². The number of nitrogens with one attached hydrogen (secondary N) is 1. The summed E-state index contributed by atoms with van der Waals surface area (Å²) in [6.45, 7) is 6.91. The summed E-state index contributed by atoms with van der Waals surface area (Å²) in [7, 11) is 0. The molecule has 1 aliphatic carbocycles. The van der Waals surface area contributed by atoms with Gasteiger partial charge in [-0.3, -0.25) is 0 Å². The fraction of sp³-hybridized carbons (Fsp3) is 0.750. The van der Waals surface area contributed by atoms with E-state index < -0.39 is 0 Å². The van der Waals surface area contributed by atoms with Crippen molar-refractivity contribution in [2.75, 3.05) is 13.2 Å². The molecule has 1 aromatic heterocycles. The predicted octanol–water partition coefficient (Wildman–Crippen LogP) is 1.73. The molecule has 0 radical (unpaired) electrons. The third-order valence-corrected chi connectivity index (χ3v) is 3.17. The van der Waals surface area contributed by atoms with E-state index in [0.717, 1.165) is 32.5 Å². The van der Waals surface area contributed by atoms with Crippen LogP contribution in [0.5, 0.6) is 0 Å². The Hall–Kier alpha value is -0.870. The molecule has 0 aliphatic heterocycles. The lowest BCUT2D eigenvalue weighted by Gasteiger charge is -2.36. The van der Waals surface area contributed by atoms with E-state index in [4.69, 9.17) is 4.74 Å². The van der Waals surface area contributed by atoms with Gasteiger partial charge in [-0.05, 0) is 26.3 Å². The number of aromatic nitrogens is 2. The van der Waals surface area contributed by atoms with Gasteiger partial charge in [-0.25, -0.2) is 4.98 Å². The topological polar surface area (TPSA) is 39.1 Å². The molecule has 0 bridgehead atoms. The zero-order valence-electron chi connectivity index (χ0n) is 10.1. The van der Waals surface area contributed by atoms with E-state index in [1.54, 1.807) is 0 Å². The Balaban J connectivity index is 1.88. The highest BCUT2D eigenvalue weighted by Crippen LogP contribution is 2.35. The minimum Gasteiger partial charge on any atom is -0.378 e. The Kier molecular flexibility index (Phi) is 3.96. The van der Waals surface area contributed by atoms with Crippen LogP contribution in [0.25, 0.3) is 0 Å². The van der Waals surface area contributed by atoms with Gasteiger partial charge in [0.25, 0.3) is 0 Å². The van der Waals surface area contributed by atoms with Crippen LogP contribution in [0.15, 0.2) is 12.5 Å². The molecule has 4 nitrogen and oxygen atoms in total. The normalized spacial score (nSPS) is 24.4. The number of hydrogen-bond acceptors (Lipinski definition) is 3. The molecule has 0 spiro atoms. The fourth-order valence-corrected chi connectivity index (χ4v) is 2.19. The van der Waals surface area contributed by atoms with E-state index in [1.165, 1.54) is 5.69 Å². The average molecular weight is 223 g/mol. The van der Waals surface area contributed by atoms with Crippen LogP contribution in [-0.2, 0) is 11.3 Å². The highest BCUT2D eigenvalue weighted by Gasteiger charge is 2.31. The molecule has 0 atom stereocenters. The van der Waals surface area contributed by atoms with E-state index in [0.29, 0.717) is 12.1 Å². The second-order valence-corrected chi connectivity index (χ2v) is 4.28. The first-order chi connectivity index (χ1) is 7.85. The zero-order valence-corrected chi connectivity index (χ0v) is 10.1. The SMILES string of the molecule is CCNCc1cncn1C1CC(OCC)C1. The highest BCUT2D eigenvalue weighted by molar-refractivity contribution is 5.03. The van der Waals surface area contributed by atoms with Crippen LogP contribution in [0, 0.1) is 0 Å². The highest BCUT2D eigenvalue weighted by atomic mass is 16.5. The van der Waals surface area contributed by atoms with Crippen molar-refractivity contribution < 1.29 is 4.74 Å². The number of rotatable bonds is 6. The third-order valence-electron chi connectivity index (χ3n) is 3.17. The van der Waals surface area contributed by atoms with Crippen LogP contribution in [-0.4, -0.2) is 28.8 Å².